The third-order valence-corrected chi connectivity index (χ3v) is 2.60. The molecule has 0 bridgehead atoms. The number of carbonyl (C=O) groups excluding carboxylic acids is 1. The first kappa shape index (κ1) is 10.8. The first-order valence-corrected chi connectivity index (χ1v) is 5.66. The van der Waals surface area contributed by atoms with Gasteiger partial charge in [-0.3, -0.25) is 0 Å². The molecule has 1 aliphatic heterocycles. The molecule has 1 heterocycles. The molecule has 1 aliphatic rings. The number of hydrogen-bond donors (Lipinski definition) is 0. The lowest BCUT2D eigenvalue weighted by atomic mass is 9.98. The minimum absolute atomic E-state index is 0.0890. The zero-order valence-corrected chi connectivity index (χ0v) is 10.5. The van der Waals surface area contributed by atoms with Crippen LogP contribution >= 0.6 is 0 Å². The molecule has 0 aromatic heterocycles. The SMILES string of the molecule is [2H][C@]1(C)CCC[C@@H](C)N1C(=O)OC(C)(C)C. The highest BCUT2D eigenvalue weighted by Crippen LogP contribution is 2.24. The van der Waals surface area contributed by atoms with E-state index in [1.165, 1.54) is 0 Å². The van der Waals surface area contributed by atoms with Crippen molar-refractivity contribution in [2.24, 2.45) is 0 Å². The van der Waals surface area contributed by atoms with Crippen molar-refractivity contribution in [3.8, 4) is 0 Å². The third-order valence-electron chi connectivity index (χ3n) is 2.60. The fourth-order valence-corrected chi connectivity index (χ4v) is 1.93. The van der Waals surface area contributed by atoms with Crippen LogP contribution in [0.4, 0.5) is 4.79 Å². The Kier molecular flexibility index (Phi) is 3.17. The second-order valence-corrected chi connectivity index (χ2v) is 5.33. The largest absolute Gasteiger partial charge is 0.444 e. The zero-order chi connectivity index (χ0) is 12.6. The van der Waals surface area contributed by atoms with Gasteiger partial charge in [0.2, 0.25) is 0 Å². The second kappa shape index (κ2) is 4.42. The normalized spacial score (nSPS) is 33.5. The molecule has 0 aliphatic carbocycles. The predicted octanol–water partition coefficient (Wildman–Crippen LogP) is 3.18. The van der Waals surface area contributed by atoms with Crippen molar-refractivity contribution in [1.29, 1.82) is 0 Å². The lowest BCUT2D eigenvalue weighted by Gasteiger charge is -2.39. The predicted molar refractivity (Wildman–Crippen MR) is 60.8 cm³/mol. The highest BCUT2D eigenvalue weighted by atomic mass is 16.6. The van der Waals surface area contributed by atoms with E-state index in [1.807, 2.05) is 27.7 Å². The molecule has 88 valence electrons. The molecule has 0 aromatic carbocycles. The van der Waals surface area contributed by atoms with E-state index in [4.69, 9.17) is 6.11 Å². The monoisotopic (exact) mass is 214 g/mol. The Morgan fingerprint density at radius 2 is 2.00 bits per heavy atom. The van der Waals surface area contributed by atoms with E-state index >= 15 is 0 Å². The summed E-state index contributed by atoms with van der Waals surface area (Å²) in [5, 5.41) is 0. The van der Waals surface area contributed by atoms with Crippen molar-refractivity contribution in [2.45, 2.75) is 71.5 Å². The Balaban J connectivity index is 2.79. The maximum absolute atomic E-state index is 12.0. The van der Waals surface area contributed by atoms with Gasteiger partial charge < -0.3 is 9.64 Å². The van der Waals surface area contributed by atoms with Gasteiger partial charge in [-0.1, -0.05) is 0 Å². The first-order valence-electron chi connectivity index (χ1n) is 6.16. The minimum atomic E-state index is -0.833. The van der Waals surface area contributed by atoms with Gasteiger partial charge in [0.05, 0.1) is 1.37 Å². The molecule has 0 unspecified atom stereocenters. The Morgan fingerprint density at radius 3 is 2.47 bits per heavy atom. The molecule has 1 saturated heterocycles. The molecule has 1 fully saturated rings. The summed E-state index contributed by atoms with van der Waals surface area (Å²) in [6.07, 6.45) is 2.31. The summed E-state index contributed by atoms with van der Waals surface area (Å²) >= 11 is 0. The van der Waals surface area contributed by atoms with Gasteiger partial charge in [0.1, 0.15) is 5.60 Å². The number of nitrogens with zero attached hydrogens (tertiary/aromatic N) is 1. The van der Waals surface area contributed by atoms with Crippen molar-refractivity contribution in [1.82, 2.24) is 4.90 Å². The van der Waals surface area contributed by atoms with Crippen LogP contribution in [0.3, 0.4) is 0 Å². The lowest BCUT2D eigenvalue weighted by Crippen LogP contribution is -2.49. The van der Waals surface area contributed by atoms with Crippen LogP contribution in [0.15, 0.2) is 0 Å². The molecule has 2 atom stereocenters. The van der Waals surface area contributed by atoms with E-state index in [0.29, 0.717) is 0 Å². The smallest absolute Gasteiger partial charge is 0.410 e. The topological polar surface area (TPSA) is 29.5 Å². The van der Waals surface area contributed by atoms with Crippen molar-refractivity contribution in [3.05, 3.63) is 0 Å². The highest BCUT2D eigenvalue weighted by Gasteiger charge is 2.32. The standard InChI is InChI=1S/C12H23NO2/c1-9-7-6-8-10(2)13(9)11(14)15-12(3,4)5/h9-10H,6-8H2,1-5H3/t9-,10+/i9D/m0/s1. The molecular weight excluding hydrogens is 190 g/mol. The van der Waals surface area contributed by atoms with Gasteiger partial charge in [-0.15, -0.1) is 0 Å². The number of likely N-dealkylation sites (tertiary alicyclic amines) is 1. The van der Waals surface area contributed by atoms with Crippen molar-refractivity contribution in [3.63, 3.8) is 0 Å². The van der Waals surface area contributed by atoms with E-state index in [-0.39, 0.29) is 12.1 Å². The van der Waals surface area contributed by atoms with E-state index in [0.717, 1.165) is 19.3 Å². The number of rotatable bonds is 0. The molecule has 0 saturated carbocycles. The summed E-state index contributed by atoms with van der Waals surface area (Å²) in [6.45, 7) is 9.31. The Morgan fingerprint density at radius 1 is 1.40 bits per heavy atom. The number of piperidine rings is 1. The summed E-state index contributed by atoms with van der Waals surface area (Å²) < 4.78 is 13.5. The van der Waals surface area contributed by atoms with Gasteiger partial charge in [-0.2, -0.15) is 0 Å². The highest BCUT2D eigenvalue weighted by molar-refractivity contribution is 5.69. The summed E-state index contributed by atoms with van der Waals surface area (Å²) in [6, 6.07) is -0.744. The summed E-state index contributed by atoms with van der Waals surface area (Å²) in [4.78, 5) is 13.6. The van der Waals surface area contributed by atoms with Gasteiger partial charge in [0.15, 0.2) is 0 Å². The molecule has 0 spiro atoms. The number of ether oxygens (including phenoxy) is 1. The van der Waals surface area contributed by atoms with E-state index in [1.54, 1.807) is 11.8 Å². The molecule has 0 radical (unpaired) electrons. The summed E-state index contributed by atoms with van der Waals surface area (Å²) in [7, 11) is 0. The van der Waals surface area contributed by atoms with Crippen LogP contribution in [-0.2, 0) is 4.74 Å². The van der Waals surface area contributed by atoms with Crippen LogP contribution in [0, 0.1) is 0 Å². The van der Waals surface area contributed by atoms with Gasteiger partial charge in [0, 0.05) is 12.1 Å². The fraction of sp³-hybridized carbons (Fsp3) is 0.917. The summed E-state index contributed by atoms with van der Waals surface area (Å²) in [5.41, 5.74) is -0.496. The van der Waals surface area contributed by atoms with Crippen LogP contribution in [0.25, 0.3) is 0 Å². The van der Waals surface area contributed by atoms with Gasteiger partial charge in [-0.05, 0) is 53.9 Å². The third kappa shape index (κ3) is 3.40. The average molecular weight is 214 g/mol. The molecule has 15 heavy (non-hydrogen) atoms. The second-order valence-electron chi connectivity index (χ2n) is 5.33. The van der Waals surface area contributed by atoms with Crippen molar-refractivity contribution < 1.29 is 10.9 Å². The molecule has 3 nitrogen and oxygen atoms in total. The Bertz CT molecular complexity index is 271. The maximum atomic E-state index is 12.0. The van der Waals surface area contributed by atoms with Gasteiger partial charge in [-0.25, -0.2) is 4.79 Å². The fourth-order valence-electron chi connectivity index (χ4n) is 1.93. The van der Waals surface area contributed by atoms with E-state index < -0.39 is 11.6 Å². The number of hydrogen-bond acceptors (Lipinski definition) is 2. The molecular formula is C12H23NO2. The molecule has 3 heteroatoms. The number of amides is 1. The molecule has 1 rings (SSSR count). The van der Waals surface area contributed by atoms with Crippen LogP contribution in [0.5, 0.6) is 0 Å². The first-order chi connectivity index (χ1) is 7.13. The molecule has 0 N–H and O–H groups in total. The van der Waals surface area contributed by atoms with Crippen LogP contribution in [0.1, 0.15) is 55.3 Å². The zero-order valence-electron chi connectivity index (χ0n) is 11.5. The Hall–Kier alpha value is -0.730. The molecule has 1 amide bonds. The number of carbonyl (C=O) groups is 1. The van der Waals surface area contributed by atoms with Crippen LogP contribution in [0.2, 0.25) is 0 Å². The van der Waals surface area contributed by atoms with Gasteiger partial charge in [0.25, 0.3) is 0 Å². The average Bonchev–Trinajstić information content (AvgIpc) is 1.97. The van der Waals surface area contributed by atoms with E-state index in [9.17, 15) is 4.79 Å². The van der Waals surface area contributed by atoms with Crippen molar-refractivity contribution >= 4 is 6.09 Å². The Labute approximate surface area is 94.2 Å². The van der Waals surface area contributed by atoms with Crippen LogP contribution < -0.4 is 0 Å². The lowest BCUT2D eigenvalue weighted by molar-refractivity contribution is -0.0000287. The van der Waals surface area contributed by atoms with Crippen molar-refractivity contribution in [2.75, 3.05) is 0 Å². The minimum Gasteiger partial charge on any atom is -0.444 e. The maximum Gasteiger partial charge on any atom is 0.410 e. The summed E-state index contributed by atoms with van der Waals surface area (Å²) in [5.74, 6) is 0. The molecule has 0 aromatic rings. The quantitative estimate of drug-likeness (QED) is 0.620. The van der Waals surface area contributed by atoms with Crippen LogP contribution in [-0.4, -0.2) is 28.7 Å². The van der Waals surface area contributed by atoms with Gasteiger partial charge >= 0.3 is 6.09 Å². The van der Waals surface area contributed by atoms with E-state index in [2.05, 4.69) is 0 Å².